The van der Waals surface area contributed by atoms with Gasteiger partial charge >= 0.3 is 0 Å². The first kappa shape index (κ1) is 14.7. The number of halogens is 1. The molecule has 23 heavy (non-hydrogen) atoms. The van der Waals surface area contributed by atoms with Crippen LogP contribution in [-0.4, -0.2) is 27.8 Å². The van der Waals surface area contributed by atoms with E-state index in [1.165, 1.54) is 3.57 Å². The maximum absolute atomic E-state index is 12.3. The highest BCUT2D eigenvalue weighted by molar-refractivity contribution is 14.1. The van der Waals surface area contributed by atoms with E-state index in [9.17, 15) is 4.79 Å². The lowest BCUT2D eigenvalue weighted by molar-refractivity contribution is 0.0688. The molecule has 0 saturated carbocycles. The molecule has 1 aromatic carbocycles. The van der Waals surface area contributed by atoms with Gasteiger partial charge in [0.15, 0.2) is 0 Å². The van der Waals surface area contributed by atoms with Crippen molar-refractivity contribution >= 4 is 39.4 Å². The van der Waals surface area contributed by atoms with Crippen molar-refractivity contribution in [2.75, 3.05) is 7.05 Å². The summed E-state index contributed by atoms with van der Waals surface area (Å²) < 4.78 is 1.18. The minimum atomic E-state index is -0.386. The summed E-state index contributed by atoms with van der Waals surface area (Å²) in [7, 11) is 1.83. The van der Waals surface area contributed by atoms with Gasteiger partial charge in [-0.1, -0.05) is 12.1 Å². The third kappa shape index (κ3) is 1.95. The van der Waals surface area contributed by atoms with Crippen LogP contribution in [0.3, 0.4) is 0 Å². The SMILES string of the molecule is CN1C(=O)c2ccc(-c3c[nH]c4c(I)cccc34)nc2C1(C)C. The van der Waals surface area contributed by atoms with Gasteiger partial charge in [-0.15, -0.1) is 0 Å². The third-order valence-electron chi connectivity index (χ3n) is 4.79. The number of amides is 1. The molecule has 1 aliphatic heterocycles. The number of aromatic nitrogens is 2. The number of fused-ring (bicyclic) bond motifs is 2. The van der Waals surface area contributed by atoms with E-state index in [1.807, 2.05) is 39.2 Å². The van der Waals surface area contributed by atoms with Gasteiger partial charge < -0.3 is 9.88 Å². The molecule has 0 radical (unpaired) electrons. The van der Waals surface area contributed by atoms with Crippen molar-refractivity contribution < 1.29 is 4.79 Å². The zero-order chi connectivity index (χ0) is 16.4. The number of hydrogen-bond acceptors (Lipinski definition) is 2. The monoisotopic (exact) mass is 417 g/mol. The number of nitrogens with one attached hydrogen (secondary N) is 1. The second-order valence-electron chi connectivity index (χ2n) is 6.38. The lowest BCUT2D eigenvalue weighted by Gasteiger charge is -2.27. The van der Waals surface area contributed by atoms with Crippen LogP contribution >= 0.6 is 22.6 Å². The Balaban J connectivity index is 1.94. The van der Waals surface area contributed by atoms with E-state index in [2.05, 4.69) is 45.8 Å². The molecule has 2 aromatic heterocycles. The number of benzene rings is 1. The Kier molecular flexibility index (Phi) is 3.07. The van der Waals surface area contributed by atoms with Crippen LogP contribution in [0.2, 0.25) is 0 Å². The van der Waals surface area contributed by atoms with E-state index in [0.717, 1.165) is 27.9 Å². The molecule has 4 nitrogen and oxygen atoms in total. The van der Waals surface area contributed by atoms with Gasteiger partial charge in [-0.25, -0.2) is 4.98 Å². The third-order valence-corrected chi connectivity index (χ3v) is 5.69. The summed E-state index contributed by atoms with van der Waals surface area (Å²) in [6.45, 7) is 4.07. The summed E-state index contributed by atoms with van der Waals surface area (Å²) in [6, 6.07) is 10.1. The van der Waals surface area contributed by atoms with Crippen LogP contribution in [0.5, 0.6) is 0 Å². The molecule has 5 heteroatoms. The minimum Gasteiger partial charge on any atom is -0.360 e. The molecule has 116 valence electrons. The fourth-order valence-electron chi connectivity index (χ4n) is 3.17. The molecule has 0 saturated heterocycles. The lowest BCUT2D eigenvalue weighted by atomic mass is 9.98. The lowest BCUT2D eigenvalue weighted by Crippen LogP contribution is -2.35. The van der Waals surface area contributed by atoms with Crippen LogP contribution in [0.4, 0.5) is 0 Å². The summed E-state index contributed by atoms with van der Waals surface area (Å²) in [6.07, 6.45) is 2.00. The van der Waals surface area contributed by atoms with Crippen LogP contribution in [0.15, 0.2) is 36.5 Å². The highest BCUT2D eigenvalue weighted by atomic mass is 127. The van der Waals surface area contributed by atoms with Crippen molar-refractivity contribution in [1.82, 2.24) is 14.9 Å². The molecular formula is C18H16IN3O. The van der Waals surface area contributed by atoms with E-state index in [-0.39, 0.29) is 11.4 Å². The van der Waals surface area contributed by atoms with Crippen molar-refractivity contribution in [3.63, 3.8) is 0 Å². The number of H-pyrrole nitrogens is 1. The highest BCUT2D eigenvalue weighted by Gasteiger charge is 2.42. The quantitative estimate of drug-likeness (QED) is 0.605. The summed E-state index contributed by atoms with van der Waals surface area (Å²) in [5, 5.41) is 1.15. The van der Waals surface area contributed by atoms with Gasteiger partial charge in [0.2, 0.25) is 0 Å². The van der Waals surface area contributed by atoms with Gasteiger partial charge in [0, 0.05) is 27.8 Å². The molecule has 1 amide bonds. The van der Waals surface area contributed by atoms with Crippen LogP contribution in [-0.2, 0) is 5.54 Å². The maximum atomic E-state index is 12.3. The van der Waals surface area contributed by atoms with Crippen molar-refractivity contribution in [3.8, 4) is 11.3 Å². The molecule has 0 fully saturated rings. The standard InChI is InChI=1S/C18H16IN3O/c1-18(2)16-11(17(23)22(18)3)7-8-14(21-16)12-9-20-15-10(12)5-4-6-13(15)19/h4-9,20H,1-3H3. The molecule has 3 heterocycles. The Hall–Kier alpha value is -1.89. The summed E-state index contributed by atoms with van der Waals surface area (Å²) in [5.74, 6) is 0.0394. The normalized spacial score (nSPS) is 16.2. The Morgan fingerprint density at radius 3 is 2.74 bits per heavy atom. The molecular weight excluding hydrogens is 401 g/mol. The minimum absolute atomic E-state index is 0.0394. The van der Waals surface area contributed by atoms with E-state index in [1.54, 1.807) is 4.90 Å². The number of aromatic amines is 1. The summed E-state index contributed by atoms with van der Waals surface area (Å²) >= 11 is 2.33. The van der Waals surface area contributed by atoms with Gasteiger partial charge in [-0.3, -0.25) is 4.79 Å². The first-order valence-corrected chi connectivity index (χ1v) is 8.55. The van der Waals surface area contributed by atoms with Gasteiger partial charge in [-0.05, 0) is 54.6 Å². The summed E-state index contributed by atoms with van der Waals surface area (Å²) in [5.41, 5.74) is 4.26. The summed E-state index contributed by atoms with van der Waals surface area (Å²) in [4.78, 5) is 22.3. The fraction of sp³-hybridized carbons (Fsp3) is 0.222. The molecule has 0 bridgehead atoms. The second-order valence-corrected chi connectivity index (χ2v) is 7.54. The zero-order valence-corrected chi connectivity index (χ0v) is 15.3. The van der Waals surface area contributed by atoms with Crippen LogP contribution in [0.25, 0.3) is 22.2 Å². The smallest absolute Gasteiger partial charge is 0.256 e. The number of carbonyl (C=O) groups excluding carboxylic acids is 1. The number of rotatable bonds is 1. The highest BCUT2D eigenvalue weighted by Crippen LogP contribution is 2.38. The van der Waals surface area contributed by atoms with Crippen molar-refractivity contribution in [2.24, 2.45) is 0 Å². The largest absolute Gasteiger partial charge is 0.360 e. The number of nitrogens with zero attached hydrogens (tertiary/aromatic N) is 2. The molecule has 1 N–H and O–H groups in total. The first-order valence-electron chi connectivity index (χ1n) is 7.47. The van der Waals surface area contributed by atoms with Gasteiger partial charge in [0.1, 0.15) is 0 Å². The Morgan fingerprint density at radius 1 is 1.17 bits per heavy atom. The number of carbonyl (C=O) groups is 1. The average Bonchev–Trinajstić information content (AvgIpc) is 3.04. The van der Waals surface area contributed by atoms with Gasteiger partial charge in [0.25, 0.3) is 5.91 Å². The number of pyridine rings is 1. The molecule has 0 spiro atoms. The fourth-order valence-corrected chi connectivity index (χ4v) is 3.82. The molecule has 3 aromatic rings. The number of hydrogen-bond donors (Lipinski definition) is 1. The van der Waals surface area contributed by atoms with Crippen molar-refractivity contribution in [3.05, 3.63) is 51.4 Å². The van der Waals surface area contributed by atoms with E-state index < -0.39 is 0 Å². The number of para-hydroxylation sites is 1. The topological polar surface area (TPSA) is 49.0 Å². The predicted molar refractivity (Wildman–Crippen MR) is 99.4 cm³/mol. The molecule has 0 aliphatic carbocycles. The second kappa shape index (κ2) is 4.80. The van der Waals surface area contributed by atoms with Crippen LogP contribution < -0.4 is 0 Å². The van der Waals surface area contributed by atoms with Gasteiger partial charge in [0.05, 0.1) is 28.0 Å². The Morgan fingerprint density at radius 2 is 1.96 bits per heavy atom. The van der Waals surface area contributed by atoms with Crippen LogP contribution in [0.1, 0.15) is 29.9 Å². The maximum Gasteiger partial charge on any atom is 0.256 e. The van der Waals surface area contributed by atoms with Crippen LogP contribution in [0, 0.1) is 3.57 Å². The predicted octanol–water partition coefficient (Wildman–Crippen LogP) is 4.16. The van der Waals surface area contributed by atoms with E-state index in [4.69, 9.17) is 4.98 Å². The average molecular weight is 417 g/mol. The first-order chi connectivity index (χ1) is 10.9. The van der Waals surface area contributed by atoms with Crippen molar-refractivity contribution in [1.29, 1.82) is 0 Å². The zero-order valence-electron chi connectivity index (χ0n) is 13.1. The molecule has 0 unspecified atom stereocenters. The van der Waals surface area contributed by atoms with Crippen molar-refractivity contribution in [2.45, 2.75) is 19.4 Å². The Labute approximate surface area is 148 Å². The molecule has 1 aliphatic rings. The Bertz CT molecular complexity index is 958. The van der Waals surface area contributed by atoms with E-state index >= 15 is 0 Å². The van der Waals surface area contributed by atoms with E-state index in [0.29, 0.717) is 5.56 Å². The van der Waals surface area contributed by atoms with Gasteiger partial charge in [-0.2, -0.15) is 0 Å². The molecule has 0 atom stereocenters. The molecule has 4 rings (SSSR count).